The van der Waals surface area contributed by atoms with Gasteiger partial charge in [-0.3, -0.25) is 0 Å². The van der Waals surface area contributed by atoms with Gasteiger partial charge in [0.05, 0.1) is 5.39 Å². The zero-order valence-electron chi connectivity index (χ0n) is 11.3. The number of hydrogen-bond donors (Lipinski definition) is 2. The Balaban J connectivity index is 2.37. The lowest BCUT2D eigenvalue weighted by Crippen LogP contribution is -2.24. The number of anilines is 2. The van der Waals surface area contributed by atoms with Crippen molar-refractivity contribution >= 4 is 33.3 Å². The molecule has 2 heterocycles. The summed E-state index contributed by atoms with van der Waals surface area (Å²) in [6, 6.07) is 2.48. The third-order valence-corrected chi connectivity index (χ3v) is 4.34. The van der Waals surface area contributed by atoms with Crippen molar-refractivity contribution in [2.75, 3.05) is 11.1 Å². The minimum absolute atomic E-state index is 0.336. The van der Waals surface area contributed by atoms with E-state index in [-0.39, 0.29) is 0 Å². The molecule has 2 aromatic heterocycles. The van der Waals surface area contributed by atoms with E-state index in [2.05, 4.69) is 49.0 Å². The van der Waals surface area contributed by atoms with Crippen LogP contribution < -0.4 is 11.1 Å². The van der Waals surface area contributed by atoms with Crippen molar-refractivity contribution in [3.63, 3.8) is 0 Å². The molecule has 2 atom stereocenters. The number of fused-ring (bicyclic) bond motifs is 1. The van der Waals surface area contributed by atoms with E-state index in [0.29, 0.717) is 17.9 Å². The highest BCUT2D eigenvalue weighted by molar-refractivity contribution is 7.18. The van der Waals surface area contributed by atoms with Crippen molar-refractivity contribution in [1.29, 1.82) is 0 Å². The summed E-state index contributed by atoms with van der Waals surface area (Å²) in [6.45, 7) is 8.68. The summed E-state index contributed by atoms with van der Waals surface area (Å²) < 4.78 is 0. The fraction of sp³-hybridized carbons (Fsp3) is 0.538. The molecule has 0 aliphatic rings. The van der Waals surface area contributed by atoms with Gasteiger partial charge in [-0.25, -0.2) is 4.98 Å². The molecule has 98 valence electrons. The molecule has 0 saturated carbocycles. The summed E-state index contributed by atoms with van der Waals surface area (Å²) in [7, 11) is 0. The quantitative estimate of drug-likeness (QED) is 0.888. The lowest BCUT2D eigenvalue weighted by Gasteiger charge is -2.20. The SMILES string of the molecule is CCC(C)C(C)Nc1nc(N)nc2sc(C)cc12. The molecular weight excluding hydrogens is 244 g/mol. The summed E-state index contributed by atoms with van der Waals surface area (Å²) in [4.78, 5) is 10.8. The largest absolute Gasteiger partial charge is 0.368 e. The Hall–Kier alpha value is -1.36. The highest BCUT2D eigenvalue weighted by atomic mass is 32.1. The molecule has 0 spiro atoms. The van der Waals surface area contributed by atoms with Crippen molar-refractivity contribution in [3.05, 3.63) is 10.9 Å². The van der Waals surface area contributed by atoms with Gasteiger partial charge >= 0.3 is 0 Å². The van der Waals surface area contributed by atoms with E-state index in [1.165, 1.54) is 4.88 Å². The van der Waals surface area contributed by atoms with Crippen LogP contribution in [-0.4, -0.2) is 16.0 Å². The predicted molar refractivity (Wildman–Crippen MR) is 79.1 cm³/mol. The number of nitrogen functional groups attached to an aromatic ring is 1. The van der Waals surface area contributed by atoms with Crippen molar-refractivity contribution in [2.45, 2.75) is 40.2 Å². The Kier molecular flexibility index (Phi) is 3.71. The van der Waals surface area contributed by atoms with Crippen LogP contribution >= 0.6 is 11.3 Å². The fourth-order valence-electron chi connectivity index (χ4n) is 1.88. The maximum atomic E-state index is 5.76. The molecule has 5 heteroatoms. The van der Waals surface area contributed by atoms with Crippen LogP contribution in [0.5, 0.6) is 0 Å². The summed E-state index contributed by atoms with van der Waals surface area (Å²) in [5, 5.41) is 4.54. The smallest absolute Gasteiger partial charge is 0.223 e. The third-order valence-electron chi connectivity index (χ3n) is 3.40. The van der Waals surface area contributed by atoms with Crippen molar-refractivity contribution in [2.24, 2.45) is 5.92 Å². The first kappa shape index (κ1) is 13.1. The monoisotopic (exact) mass is 264 g/mol. The molecule has 3 N–H and O–H groups in total. The molecule has 2 unspecified atom stereocenters. The van der Waals surface area contributed by atoms with Crippen LogP contribution in [0.15, 0.2) is 6.07 Å². The first-order valence-corrected chi connectivity index (χ1v) is 7.13. The molecule has 0 fully saturated rings. The predicted octanol–water partition coefficient (Wildman–Crippen LogP) is 3.43. The molecule has 2 rings (SSSR count). The topological polar surface area (TPSA) is 63.8 Å². The number of nitrogens with zero attached hydrogens (tertiary/aromatic N) is 2. The number of thiophene rings is 1. The summed E-state index contributed by atoms with van der Waals surface area (Å²) >= 11 is 1.65. The molecular formula is C13H20N4S. The van der Waals surface area contributed by atoms with Gasteiger partial charge in [0, 0.05) is 10.9 Å². The van der Waals surface area contributed by atoms with Crippen LogP contribution in [0.4, 0.5) is 11.8 Å². The maximum Gasteiger partial charge on any atom is 0.223 e. The van der Waals surface area contributed by atoms with Crippen LogP contribution in [0.2, 0.25) is 0 Å². The van der Waals surface area contributed by atoms with Crippen LogP contribution in [-0.2, 0) is 0 Å². The summed E-state index contributed by atoms with van der Waals surface area (Å²) in [5.74, 6) is 1.79. The molecule has 0 saturated heterocycles. The van der Waals surface area contributed by atoms with Gasteiger partial charge in [0.15, 0.2) is 0 Å². The van der Waals surface area contributed by atoms with Crippen molar-refractivity contribution in [1.82, 2.24) is 9.97 Å². The van der Waals surface area contributed by atoms with E-state index in [9.17, 15) is 0 Å². The molecule has 2 aromatic rings. The molecule has 0 bridgehead atoms. The number of rotatable bonds is 4. The van der Waals surface area contributed by atoms with Crippen molar-refractivity contribution < 1.29 is 0 Å². The van der Waals surface area contributed by atoms with Crippen molar-refractivity contribution in [3.8, 4) is 0 Å². The molecule has 0 aromatic carbocycles. The highest BCUT2D eigenvalue weighted by Crippen LogP contribution is 2.29. The lowest BCUT2D eigenvalue weighted by atomic mass is 10.0. The van der Waals surface area contributed by atoms with E-state index in [1.54, 1.807) is 11.3 Å². The number of nitrogens with one attached hydrogen (secondary N) is 1. The van der Waals surface area contributed by atoms with Gasteiger partial charge in [-0.1, -0.05) is 20.3 Å². The molecule has 0 aliphatic heterocycles. The Morgan fingerprint density at radius 1 is 1.39 bits per heavy atom. The first-order chi connectivity index (χ1) is 8.51. The fourth-order valence-corrected chi connectivity index (χ4v) is 2.77. The van der Waals surface area contributed by atoms with Gasteiger partial charge in [-0.2, -0.15) is 4.98 Å². The zero-order valence-corrected chi connectivity index (χ0v) is 12.1. The second-order valence-electron chi connectivity index (χ2n) is 4.82. The highest BCUT2D eigenvalue weighted by Gasteiger charge is 2.14. The molecule has 0 aliphatic carbocycles. The van der Waals surface area contributed by atoms with Gasteiger partial charge in [-0.15, -0.1) is 11.3 Å². The van der Waals surface area contributed by atoms with Crippen LogP contribution in [0.25, 0.3) is 10.2 Å². The molecule has 0 amide bonds. The second-order valence-corrected chi connectivity index (χ2v) is 6.06. The first-order valence-electron chi connectivity index (χ1n) is 6.31. The van der Waals surface area contributed by atoms with E-state index < -0.39 is 0 Å². The van der Waals surface area contributed by atoms with Crippen LogP contribution in [0.3, 0.4) is 0 Å². The summed E-state index contributed by atoms with van der Waals surface area (Å²) in [6.07, 6.45) is 1.14. The van der Waals surface area contributed by atoms with E-state index in [1.807, 2.05) is 0 Å². The number of aryl methyl sites for hydroxylation is 1. The van der Waals surface area contributed by atoms with Gasteiger partial charge in [0.2, 0.25) is 5.95 Å². The Labute approximate surface area is 112 Å². The standard InChI is InChI=1S/C13H20N4S/c1-5-7(2)9(4)15-11-10-6-8(3)18-12(10)17-13(14)16-11/h6-7,9H,5H2,1-4H3,(H3,14,15,16,17). The van der Waals surface area contributed by atoms with Gasteiger partial charge in [0.1, 0.15) is 10.6 Å². The van der Waals surface area contributed by atoms with Gasteiger partial charge in [0.25, 0.3) is 0 Å². The molecule has 0 radical (unpaired) electrons. The maximum absolute atomic E-state index is 5.76. The number of nitrogens with two attached hydrogens (primary N) is 1. The molecule has 4 nitrogen and oxygen atoms in total. The normalized spacial score (nSPS) is 14.7. The van der Waals surface area contributed by atoms with E-state index in [0.717, 1.165) is 22.5 Å². The molecule has 18 heavy (non-hydrogen) atoms. The minimum Gasteiger partial charge on any atom is -0.368 e. The average molecular weight is 264 g/mol. The van der Waals surface area contributed by atoms with Crippen LogP contribution in [0, 0.1) is 12.8 Å². The Morgan fingerprint density at radius 2 is 2.11 bits per heavy atom. The zero-order chi connectivity index (χ0) is 13.3. The second kappa shape index (κ2) is 5.10. The van der Waals surface area contributed by atoms with Gasteiger partial charge in [-0.05, 0) is 25.8 Å². The number of aromatic nitrogens is 2. The van der Waals surface area contributed by atoms with E-state index >= 15 is 0 Å². The van der Waals surface area contributed by atoms with Gasteiger partial charge < -0.3 is 11.1 Å². The number of hydrogen-bond acceptors (Lipinski definition) is 5. The lowest BCUT2D eigenvalue weighted by molar-refractivity contribution is 0.494. The van der Waals surface area contributed by atoms with E-state index in [4.69, 9.17) is 5.73 Å². The minimum atomic E-state index is 0.336. The van der Waals surface area contributed by atoms with Crippen LogP contribution in [0.1, 0.15) is 32.1 Å². The Morgan fingerprint density at radius 3 is 2.78 bits per heavy atom. The Bertz CT molecular complexity index is 549. The average Bonchev–Trinajstić information content (AvgIpc) is 2.68. The third kappa shape index (κ3) is 2.56. The summed E-state index contributed by atoms with van der Waals surface area (Å²) in [5.41, 5.74) is 5.76.